The number of carboxylic acid groups (broad SMARTS) is 1. The number of aromatic amines is 1. The first-order valence-corrected chi connectivity index (χ1v) is 8.42. The molecular weight excluding hydrogens is 354 g/mol. The summed E-state index contributed by atoms with van der Waals surface area (Å²) in [5.41, 5.74) is 2.27. The molecule has 0 atom stereocenters. The minimum absolute atomic E-state index is 0.287. The number of rotatable bonds is 8. The van der Waals surface area contributed by atoms with Gasteiger partial charge < -0.3 is 10.1 Å². The molecule has 0 aliphatic rings. The zero-order valence-corrected chi connectivity index (χ0v) is 14.1. The molecule has 0 aliphatic carbocycles. The second-order valence-corrected chi connectivity index (χ2v) is 6.51. The van der Waals surface area contributed by atoms with Gasteiger partial charge in [-0.05, 0) is 53.4 Å². The maximum Gasteiger partial charge on any atom is 0.303 e. The van der Waals surface area contributed by atoms with Gasteiger partial charge in [-0.3, -0.25) is 4.79 Å². The zero-order valence-electron chi connectivity index (χ0n) is 11.8. The largest absolute Gasteiger partial charge is 0.481 e. The summed E-state index contributed by atoms with van der Waals surface area (Å²) in [7, 11) is 0. The van der Waals surface area contributed by atoms with Crippen LogP contribution in [0.15, 0.2) is 22.7 Å². The smallest absolute Gasteiger partial charge is 0.303 e. The van der Waals surface area contributed by atoms with E-state index >= 15 is 0 Å². The highest BCUT2D eigenvalue weighted by molar-refractivity contribution is 9.10. The summed E-state index contributed by atoms with van der Waals surface area (Å²) >= 11 is 9.70. The predicted octanol–water partition coefficient (Wildman–Crippen LogP) is 5.55. The topological polar surface area (TPSA) is 53.1 Å². The predicted molar refractivity (Wildman–Crippen MR) is 90.1 cm³/mol. The fourth-order valence-electron chi connectivity index (χ4n) is 2.46. The lowest BCUT2D eigenvalue weighted by molar-refractivity contribution is -0.137. The van der Waals surface area contributed by atoms with E-state index in [-0.39, 0.29) is 6.42 Å². The van der Waals surface area contributed by atoms with E-state index in [1.54, 1.807) is 0 Å². The quantitative estimate of drug-likeness (QED) is 0.597. The Morgan fingerprint density at radius 2 is 1.90 bits per heavy atom. The second kappa shape index (κ2) is 7.85. The summed E-state index contributed by atoms with van der Waals surface area (Å²) in [6.07, 6.45) is 6.41. The van der Waals surface area contributed by atoms with E-state index in [1.165, 1.54) is 5.69 Å². The number of benzene rings is 1. The molecule has 21 heavy (non-hydrogen) atoms. The molecule has 0 radical (unpaired) electrons. The SMILES string of the molecule is O=C(O)CCCCCCCc1cc2c(Cl)c(Br)ccc2[nH]1. The van der Waals surface area contributed by atoms with Crippen molar-refractivity contribution in [1.29, 1.82) is 0 Å². The number of unbranched alkanes of at least 4 members (excludes halogenated alkanes) is 4. The molecular formula is C16H19BrClNO2. The number of aryl methyl sites for hydroxylation is 1. The van der Waals surface area contributed by atoms with Gasteiger partial charge in [0.15, 0.2) is 0 Å². The number of carbonyl (C=O) groups is 1. The summed E-state index contributed by atoms with van der Waals surface area (Å²) in [6.45, 7) is 0. The van der Waals surface area contributed by atoms with Crippen LogP contribution in [0, 0.1) is 0 Å². The van der Waals surface area contributed by atoms with Gasteiger partial charge in [0.2, 0.25) is 0 Å². The standard InChI is InChI=1S/C16H19BrClNO2/c17-13-8-9-14-12(16(13)18)10-11(19-14)6-4-2-1-3-5-7-15(20)21/h8-10,19H,1-7H2,(H,20,21). The number of halogens is 2. The molecule has 114 valence electrons. The number of hydrogen-bond acceptors (Lipinski definition) is 1. The Bertz CT molecular complexity index is 624. The Morgan fingerprint density at radius 3 is 2.67 bits per heavy atom. The molecule has 0 aliphatic heterocycles. The van der Waals surface area contributed by atoms with Crippen molar-refractivity contribution in [1.82, 2.24) is 4.98 Å². The first-order chi connectivity index (χ1) is 10.1. The second-order valence-electron chi connectivity index (χ2n) is 5.28. The van der Waals surface area contributed by atoms with Crippen molar-refractivity contribution >= 4 is 44.4 Å². The Hall–Kier alpha value is -1.00. The van der Waals surface area contributed by atoms with Gasteiger partial charge in [0.05, 0.1) is 5.02 Å². The van der Waals surface area contributed by atoms with E-state index in [1.807, 2.05) is 12.1 Å². The molecule has 0 saturated carbocycles. The van der Waals surface area contributed by atoms with Crippen molar-refractivity contribution in [2.75, 3.05) is 0 Å². The maximum absolute atomic E-state index is 10.4. The third kappa shape index (κ3) is 4.75. The molecule has 1 heterocycles. The van der Waals surface area contributed by atoms with E-state index in [0.29, 0.717) is 0 Å². The van der Waals surface area contributed by atoms with Crippen LogP contribution in [-0.2, 0) is 11.2 Å². The number of aromatic nitrogens is 1. The summed E-state index contributed by atoms with van der Waals surface area (Å²) in [5.74, 6) is -0.698. The highest BCUT2D eigenvalue weighted by atomic mass is 79.9. The molecule has 2 aromatic rings. The van der Waals surface area contributed by atoms with Crippen molar-refractivity contribution in [3.05, 3.63) is 33.4 Å². The minimum Gasteiger partial charge on any atom is -0.481 e. The summed E-state index contributed by atoms with van der Waals surface area (Å²) in [5, 5.41) is 10.4. The molecule has 0 saturated heterocycles. The molecule has 0 unspecified atom stereocenters. The number of H-pyrrole nitrogens is 1. The lowest BCUT2D eigenvalue weighted by Crippen LogP contribution is -1.93. The molecule has 3 nitrogen and oxygen atoms in total. The first kappa shape index (κ1) is 16.4. The van der Waals surface area contributed by atoms with Crippen molar-refractivity contribution in [2.45, 2.75) is 44.9 Å². The third-order valence-corrected chi connectivity index (χ3v) is 4.88. The monoisotopic (exact) mass is 371 g/mol. The molecule has 0 fully saturated rings. The lowest BCUT2D eigenvalue weighted by atomic mass is 10.1. The number of aliphatic carboxylic acids is 1. The third-order valence-electron chi connectivity index (χ3n) is 3.58. The molecule has 1 aromatic carbocycles. The van der Waals surface area contributed by atoms with Crippen molar-refractivity contribution in [3.8, 4) is 0 Å². The maximum atomic E-state index is 10.4. The Labute approximate surface area is 137 Å². The molecule has 0 bridgehead atoms. The molecule has 0 amide bonds. The number of carboxylic acids is 1. The Balaban J connectivity index is 1.76. The van der Waals surface area contributed by atoms with Crippen LogP contribution in [0.2, 0.25) is 5.02 Å². The van der Waals surface area contributed by atoms with Crippen LogP contribution in [0.25, 0.3) is 10.9 Å². The normalized spacial score (nSPS) is 11.1. The van der Waals surface area contributed by atoms with Crippen molar-refractivity contribution in [2.24, 2.45) is 0 Å². The van der Waals surface area contributed by atoms with Gasteiger partial charge in [0.1, 0.15) is 0 Å². The van der Waals surface area contributed by atoms with Crippen LogP contribution >= 0.6 is 27.5 Å². The average molecular weight is 373 g/mol. The number of fused-ring (bicyclic) bond motifs is 1. The number of hydrogen-bond donors (Lipinski definition) is 2. The van der Waals surface area contributed by atoms with E-state index in [9.17, 15) is 4.79 Å². The van der Waals surface area contributed by atoms with Gasteiger partial charge in [-0.2, -0.15) is 0 Å². The van der Waals surface area contributed by atoms with Gasteiger partial charge in [-0.15, -0.1) is 0 Å². The van der Waals surface area contributed by atoms with E-state index in [4.69, 9.17) is 16.7 Å². The summed E-state index contributed by atoms with van der Waals surface area (Å²) < 4.78 is 0.917. The molecule has 2 rings (SSSR count). The van der Waals surface area contributed by atoms with Crippen molar-refractivity contribution in [3.63, 3.8) is 0 Å². The molecule has 5 heteroatoms. The number of nitrogens with one attached hydrogen (secondary N) is 1. The Morgan fingerprint density at radius 1 is 1.19 bits per heavy atom. The average Bonchev–Trinajstić information content (AvgIpc) is 2.85. The fraction of sp³-hybridized carbons (Fsp3) is 0.438. The highest BCUT2D eigenvalue weighted by Gasteiger charge is 2.07. The van der Waals surface area contributed by atoms with E-state index < -0.39 is 5.97 Å². The van der Waals surface area contributed by atoms with Crippen molar-refractivity contribution < 1.29 is 9.90 Å². The minimum atomic E-state index is -0.698. The molecule has 2 N–H and O–H groups in total. The van der Waals surface area contributed by atoms with Crippen LogP contribution in [-0.4, -0.2) is 16.1 Å². The van der Waals surface area contributed by atoms with Crippen LogP contribution in [0.4, 0.5) is 0 Å². The zero-order chi connectivity index (χ0) is 15.2. The van der Waals surface area contributed by atoms with Gasteiger partial charge in [-0.25, -0.2) is 0 Å². The molecule has 0 spiro atoms. The van der Waals surface area contributed by atoms with Gasteiger partial charge in [0, 0.05) is 27.5 Å². The van der Waals surface area contributed by atoms with Crippen LogP contribution in [0.5, 0.6) is 0 Å². The highest BCUT2D eigenvalue weighted by Crippen LogP contribution is 2.31. The lowest BCUT2D eigenvalue weighted by Gasteiger charge is -1.99. The van der Waals surface area contributed by atoms with Gasteiger partial charge in [-0.1, -0.05) is 30.9 Å². The molecule has 1 aromatic heterocycles. The van der Waals surface area contributed by atoms with Crippen LogP contribution < -0.4 is 0 Å². The van der Waals surface area contributed by atoms with Gasteiger partial charge >= 0.3 is 5.97 Å². The van der Waals surface area contributed by atoms with Crippen LogP contribution in [0.3, 0.4) is 0 Å². The Kier molecular flexibility index (Phi) is 6.12. The summed E-state index contributed by atoms with van der Waals surface area (Å²) in [6, 6.07) is 6.10. The van der Waals surface area contributed by atoms with E-state index in [2.05, 4.69) is 27.0 Å². The van der Waals surface area contributed by atoms with E-state index in [0.717, 1.165) is 58.9 Å². The summed E-state index contributed by atoms with van der Waals surface area (Å²) in [4.78, 5) is 13.8. The van der Waals surface area contributed by atoms with Crippen LogP contribution in [0.1, 0.15) is 44.2 Å². The fourth-order valence-corrected chi connectivity index (χ4v) is 3.02. The van der Waals surface area contributed by atoms with Gasteiger partial charge in [0.25, 0.3) is 0 Å². The first-order valence-electron chi connectivity index (χ1n) is 7.25.